The van der Waals surface area contributed by atoms with Gasteiger partial charge in [0.2, 0.25) is 5.89 Å². The predicted molar refractivity (Wildman–Crippen MR) is 99.8 cm³/mol. The molecule has 2 aromatic carbocycles. The Balaban J connectivity index is 1.57. The lowest BCUT2D eigenvalue weighted by Crippen LogP contribution is -2.03. The summed E-state index contributed by atoms with van der Waals surface area (Å²) in [6.45, 7) is 1.33. The lowest BCUT2D eigenvalue weighted by molar-refractivity contribution is 0.0722. The van der Waals surface area contributed by atoms with Crippen molar-refractivity contribution in [3.8, 4) is 11.5 Å². The molecule has 0 aliphatic carbocycles. The second-order valence-corrected chi connectivity index (χ2v) is 7.13. The molecule has 2 aromatic heterocycles. The molecule has 0 aliphatic rings. The fourth-order valence-electron chi connectivity index (χ4n) is 3.02. The minimum absolute atomic E-state index is 0.202. The molecule has 4 rings (SSSR count). The highest BCUT2D eigenvalue weighted by Gasteiger charge is 2.19. The van der Waals surface area contributed by atoms with Crippen molar-refractivity contribution < 1.29 is 13.2 Å². The van der Waals surface area contributed by atoms with Crippen LogP contribution in [0.4, 0.5) is 8.78 Å². The molecule has 0 radical (unpaired) electrons. The number of hydrogen-bond acceptors (Lipinski definition) is 5. The van der Waals surface area contributed by atoms with Crippen molar-refractivity contribution in [2.75, 3.05) is 0 Å². The molecule has 0 fully saturated rings. The molecule has 8 heteroatoms. The van der Waals surface area contributed by atoms with Gasteiger partial charge in [0.05, 0.1) is 16.8 Å². The van der Waals surface area contributed by atoms with Crippen LogP contribution < -0.4 is 0 Å². The van der Waals surface area contributed by atoms with Gasteiger partial charge < -0.3 is 4.42 Å². The normalized spacial score (nSPS) is 11.6. The number of halogens is 2. The van der Waals surface area contributed by atoms with E-state index in [1.165, 1.54) is 11.8 Å². The monoisotopic (exact) mass is 386 g/mol. The Morgan fingerprint density at radius 1 is 1.07 bits per heavy atom. The maximum Gasteiger partial charge on any atom is 0.320 e. The van der Waals surface area contributed by atoms with Gasteiger partial charge in [-0.25, -0.2) is 4.98 Å². The Kier molecular flexibility index (Phi) is 4.65. The minimum atomic E-state index is -2.67. The molecule has 0 unspecified atom stereocenters. The molecule has 4 aromatic rings. The Bertz CT molecular complexity index is 1090. The fourth-order valence-corrected chi connectivity index (χ4v) is 3.72. The average Bonchev–Trinajstić information content (AvgIpc) is 3.23. The van der Waals surface area contributed by atoms with Crippen molar-refractivity contribution in [3.63, 3.8) is 0 Å². The summed E-state index contributed by atoms with van der Waals surface area (Å²) in [5.74, 6) is 0.877. The summed E-state index contributed by atoms with van der Waals surface area (Å²) in [4.78, 5) is 4.31. The molecule has 0 spiro atoms. The lowest BCUT2D eigenvalue weighted by atomic mass is 10.1. The van der Waals surface area contributed by atoms with Gasteiger partial charge in [-0.3, -0.25) is 4.57 Å². The number of para-hydroxylation sites is 2. The highest BCUT2D eigenvalue weighted by molar-refractivity contribution is 7.98. The van der Waals surface area contributed by atoms with Gasteiger partial charge in [0.25, 0.3) is 5.22 Å². The first-order valence-electron chi connectivity index (χ1n) is 8.30. The van der Waals surface area contributed by atoms with Gasteiger partial charge in [-0.2, -0.15) is 8.78 Å². The van der Waals surface area contributed by atoms with Crippen molar-refractivity contribution in [2.24, 2.45) is 0 Å². The maximum atomic E-state index is 13.5. The van der Waals surface area contributed by atoms with Crippen molar-refractivity contribution in [1.82, 2.24) is 19.7 Å². The molecule has 0 amide bonds. The maximum absolute atomic E-state index is 13.5. The van der Waals surface area contributed by atoms with Crippen LogP contribution in [0.15, 0.2) is 52.1 Å². The number of benzene rings is 2. The summed E-state index contributed by atoms with van der Waals surface area (Å²) in [5.41, 5.74) is 3.98. The number of hydrogen-bond donors (Lipinski definition) is 0. The quantitative estimate of drug-likeness (QED) is 0.430. The fraction of sp³-hybridized carbons (Fsp3) is 0.211. The Hall–Kier alpha value is -2.74. The van der Waals surface area contributed by atoms with E-state index in [1.807, 2.05) is 26.0 Å². The highest BCUT2D eigenvalue weighted by atomic mass is 32.2. The van der Waals surface area contributed by atoms with E-state index in [2.05, 4.69) is 21.2 Å². The molecule has 0 bridgehead atoms. The number of aromatic nitrogens is 4. The Labute approximate surface area is 158 Å². The summed E-state index contributed by atoms with van der Waals surface area (Å²) < 4.78 is 33.6. The number of aryl methyl sites for hydroxylation is 2. The first-order chi connectivity index (χ1) is 13.0. The molecule has 138 valence electrons. The largest absolute Gasteiger partial charge is 0.411 e. The van der Waals surface area contributed by atoms with Gasteiger partial charge in [-0.1, -0.05) is 41.1 Å². The van der Waals surface area contributed by atoms with Gasteiger partial charge >= 0.3 is 6.55 Å². The number of nitrogens with zero attached hydrogens (tertiary/aromatic N) is 4. The first kappa shape index (κ1) is 17.7. The van der Waals surface area contributed by atoms with E-state index < -0.39 is 6.55 Å². The lowest BCUT2D eigenvalue weighted by Gasteiger charge is -2.06. The number of thioether (sulfide) groups is 1. The summed E-state index contributed by atoms with van der Waals surface area (Å²) in [6.07, 6.45) is 0. The van der Waals surface area contributed by atoms with Crippen molar-refractivity contribution in [2.45, 2.75) is 31.4 Å². The summed E-state index contributed by atoms with van der Waals surface area (Å²) in [7, 11) is 0. The summed E-state index contributed by atoms with van der Waals surface area (Å²) >= 11 is 1.19. The van der Waals surface area contributed by atoms with E-state index in [-0.39, 0.29) is 11.6 Å². The van der Waals surface area contributed by atoms with Crippen LogP contribution in [0.3, 0.4) is 0 Å². The van der Waals surface area contributed by atoms with E-state index in [0.29, 0.717) is 22.1 Å². The zero-order chi connectivity index (χ0) is 19.0. The molecule has 0 N–H and O–H groups in total. The molecule has 2 heterocycles. The van der Waals surface area contributed by atoms with Crippen LogP contribution in [-0.4, -0.2) is 19.7 Å². The number of rotatable bonds is 5. The second kappa shape index (κ2) is 7.11. The topological polar surface area (TPSA) is 56.7 Å². The van der Waals surface area contributed by atoms with Gasteiger partial charge in [0.15, 0.2) is 0 Å². The smallest absolute Gasteiger partial charge is 0.320 e. The van der Waals surface area contributed by atoms with Crippen LogP contribution in [0.25, 0.3) is 22.5 Å². The third-order valence-electron chi connectivity index (χ3n) is 4.06. The molecule has 5 nitrogen and oxygen atoms in total. The third-order valence-corrected chi connectivity index (χ3v) is 4.88. The van der Waals surface area contributed by atoms with Gasteiger partial charge in [0, 0.05) is 5.56 Å². The van der Waals surface area contributed by atoms with Crippen molar-refractivity contribution in [1.29, 1.82) is 0 Å². The molecule has 0 saturated carbocycles. The number of fused-ring (bicyclic) bond motifs is 1. The van der Waals surface area contributed by atoms with E-state index in [4.69, 9.17) is 4.42 Å². The second-order valence-electron chi connectivity index (χ2n) is 6.20. The number of alkyl halides is 2. The van der Waals surface area contributed by atoms with Crippen LogP contribution in [0.2, 0.25) is 0 Å². The van der Waals surface area contributed by atoms with E-state index >= 15 is 0 Å². The van der Waals surface area contributed by atoms with Crippen LogP contribution in [-0.2, 0) is 5.75 Å². The van der Waals surface area contributed by atoms with E-state index in [1.54, 1.807) is 24.3 Å². The van der Waals surface area contributed by atoms with Crippen molar-refractivity contribution in [3.05, 3.63) is 59.4 Å². The average molecular weight is 386 g/mol. The molecule has 0 aliphatic heterocycles. The highest BCUT2D eigenvalue weighted by Crippen LogP contribution is 2.30. The third kappa shape index (κ3) is 3.57. The zero-order valence-corrected chi connectivity index (χ0v) is 15.5. The molecular formula is C19H16F2N4OS. The van der Waals surface area contributed by atoms with Crippen LogP contribution in [0, 0.1) is 13.8 Å². The molecular weight excluding hydrogens is 370 g/mol. The summed E-state index contributed by atoms with van der Waals surface area (Å²) in [6, 6.07) is 12.8. The molecule has 27 heavy (non-hydrogen) atoms. The molecule has 0 saturated heterocycles. The first-order valence-corrected chi connectivity index (χ1v) is 9.29. The van der Waals surface area contributed by atoms with Gasteiger partial charge in [0.1, 0.15) is 5.82 Å². The standard InChI is InChI=1S/C19H16F2N4OS/c1-11-7-12(2)9-13(8-11)17-23-24-19(26-17)27-10-16-22-14-5-3-4-6-15(14)25(16)18(20)21/h3-9,18H,10H2,1-2H3. The summed E-state index contributed by atoms with van der Waals surface area (Å²) in [5, 5.41) is 8.40. The van der Waals surface area contributed by atoms with Gasteiger partial charge in [-0.15, -0.1) is 10.2 Å². The predicted octanol–water partition coefficient (Wildman–Crippen LogP) is 5.39. The Morgan fingerprint density at radius 3 is 2.56 bits per heavy atom. The molecule has 0 atom stereocenters. The zero-order valence-electron chi connectivity index (χ0n) is 14.7. The number of imidazole rings is 1. The minimum Gasteiger partial charge on any atom is -0.411 e. The van der Waals surface area contributed by atoms with Gasteiger partial charge in [-0.05, 0) is 38.1 Å². The Morgan fingerprint density at radius 2 is 1.81 bits per heavy atom. The van der Waals surface area contributed by atoms with Crippen LogP contribution in [0.1, 0.15) is 23.5 Å². The van der Waals surface area contributed by atoms with E-state index in [9.17, 15) is 8.78 Å². The van der Waals surface area contributed by atoms with Crippen LogP contribution >= 0.6 is 11.8 Å². The van der Waals surface area contributed by atoms with Crippen LogP contribution in [0.5, 0.6) is 0 Å². The van der Waals surface area contributed by atoms with E-state index in [0.717, 1.165) is 21.3 Å². The van der Waals surface area contributed by atoms with Crippen molar-refractivity contribution >= 4 is 22.8 Å². The SMILES string of the molecule is Cc1cc(C)cc(-c2nnc(SCc3nc4ccccc4n3C(F)F)o2)c1.